The molecule has 0 heterocycles. The lowest BCUT2D eigenvalue weighted by molar-refractivity contribution is -0.116. The average molecular weight is 222 g/mol. The molecule has 1 aromatic rings. The third kappa shape index (κ3) is 3.24. The van der Waals surface area contributed by atoms with Gasteiger partial charge in [0.25, 0.3) is 0 Å². The van der Waals surface area contributed by atoms with Crippen LogP contribution in [0.4, 0.5) is 5.69 Å². The molecule has 0 aliphatic heterocycles. The van der Waals surface area contributed by atoms with Crippen molar-refractivity contribution in [2.75, 3.05) is 19.0 Å². The molecule has 0 radical (unpaired) electrons. The zero-order valence-electron chi connectivity index (χ0n) is 9.75. The predicted octanol–water partition coefficient (Wildman–Crippen LogP) is 1.54. The molecule has 0 saturated heterocycles. The van der Waals surface area contributed by atoms with Gasteiger partial charge in [-0.15, -0.1) is 0 Å². The number of amides is 1. The molecule has 4 nitrogen and oxygen atoms in total. The monoisotopic (exact) mass is 222 g/mol. The summed E-state index contributed by atoms with van der Waals surface area (Å²) in [5, 5.41) is 2.79. The average Bonchev–Trinajstić information content (AvgIpc) is 2.29. The Balaban J connectivity index is 2.86. The van der Waals surface area contributed by atoms with Crippen molar-refractivity contribution in [3.05, 3.63) is 23.8 Å². The molecular formula is C12H18N2O2. The van der Waals surface area contributed by atoms with Crippen LogP contribution in [0.3, 0.4) is 0 Å². The molecule has 0 fully saturated rings. The highest BCUT2D eigenvalue weighted by atomic mass is 16.5. The number of anilines is 1. The van der Waals surface area contributed by atoms with E-state index in [-0.39, 0.29) is 5.91 Å². The maximum atomic E-state index is 11.4. The van der Waals surface area contributed by atoms with E-state index >= 15 is 0 Å². The molecule has 1 rings (SSSR count). The minimum absolute atomic E-state index is 0.0888. The van der Waals surface area contributed by atoms with E-state index in [4.69, 9.17) is 10.5 Å². The van der Waals surface area contributed by atoms with Crippen LogP contribution in [0, 0.1) is 0 Å². The van der Waals surface area contributed by atoms with E-state index in [0.29, 0.717) is 24.4 Å². The van der Waals surface area contributed by atoms with Gasteiger partial charge in [0, 0.05) is 13.0 Å². The lowest BCUT2D eigenvalue weighted by atomic mass is 10.1. The van der Waals surface area contributed by atoms with Crippen molar-refractivity contribution in [3.63, 3.8) is 0 Å². The Morgan fingerprint density at radius 1 is 1.50 bits per heavy atom. The molecule has 0 aliphatic rings. The normalized spacial score (nSPS) is 9.94. The van der Waals surface area contributed by atoms with Crippen molar-refractivity contribution < 1.29 is 9.53 Å². The maximum absolute atomic E-state index is 11.4. The number of nitrogens with two attached hydrogens (primary N) is 1. The third-order valence-corrected chi connectivity index (χ3v) is 2.32. The quantitative estimate of drug-likeness (QED) is 0.794. The summed E-state index contributed by atoms with van der Waals surface area (Å²) in [5.41, 5.74) is 7.18. The summed E-state index contributed by atoms with van der Waals surface area (Å²) in [6, 6.07) is 5.77. The van der Waals surface area contributed by atoms with Crippen molar-refractivity contribution in [1.82, 2.24) is 0 Å². The molecular weight excluding hydrogens is 204 g/mol. The van der Waals surface area contributed by atoms with Crippen LogP contribution in [0.5, 0.6) is 5.75 Å². The maximum Gasteiger partial charge on any atom is 0.225 e. The fraction of sp³-hybridized carbons (Fsp3) is 0.417. The largest absolute Gasteiger partial charge is 0.495 e. The number of rotatable bonds is 5. The summed E-state index contributed by atoms with van der Waals surface area (Å²) < 4.78 is 5.18. The van der Waals surface area contributed by atoms with Crippen LogP contribution in [0.1, 0.15) is 18.9 Å². The first-order valence-corrected chi connectivity index (χ1v) is 5.38. The van der Waals surface area contributed by atoms with Gasteiger partial charge in [-0.3, -0.25) is 4.79 Å². The summed E-state index contributed by atoms with van der Waals surface area (Å²) in [4.78, 5) is 11.4. The van der Waals surface area contributed by atoms with Crippen molar-refractivity contribution in [2.45, 2.75) is 19.8 Å². The molecule has 1 aromatic carbocycles. The van der Waals surface area contributed by atoms with Crippen molar-refractivity contribution in [1.29, 1.82) is 0 Å². The molecule has 0 spiro atoms. The van der Waals surface area contributed by atoms with Gasteiger partial charge < -0.3 is 15.8 Å². The van der Waals surface area contributed by atoms with Gasteiger partial charge in [-0.2, -0.15) is 0 Å². The fourth-order valence-corrected chi connectivity index (χ4v) is 1.42. The first kappa shape index (κ1) is 12.5. The van der Waals surface area contributed by atoms with E-state index in [1.165, 1.54) is 0 Å². The van der Waals surface area contributed by atoms with Crippen molar-refractivity contribution in [3.8, 4) is 5.75 Å². The zero-order valence-corrected chi connectivity index (χ0v) is 9.75. The third-order valence-electron chi connectivity index (χ3n) is 2.32. The van der Waals surface area contributed by atoms with Crippen LogP contribution in [-0.2, 0) is 11.2 Å². The molecule has 0 saturated carbocycles. The van der Waals surface area contributed by atoms with Crippen LogP contribution in [0.25, 0.3) is 0 Å². The minimum atomic E-state index is -0.0888. The van der Waals surface area contributed by atoms with E-state index in [1.54, 1.807) is 7.11 Å². The molecule has 1 amide bonds. The van der Waals surface area contributed by atoms with Gasteiger partial charge in [-0.05, 0) is 24.1 Å². The highest BCUT2D eigenvalue weighted by Gasteiger charge is 2.07. The number of benzene rings is 1. The molecule has 0 bridgehead atoms. The Morgan fingerprint density at radius 2 is 2.25 bits per heavy atom. The van der Waals surface area contributed by atoms with E-state index in [2.05, 4.69) is 12.2 Å². The number of nitrogens with one attached hydrogen (secondary N) is 1. The van der Waals surface area contributed by atoms with E-state index < -0.39 is 0 Å². The number of carbonyl (C=O) groups excluding carboxylic acids is 1. The minimum Gasteiger partial charge on any atom is -0.495 e. The number of hydrogen-bond donors (Lipinski definition) is 2. The second-order valence-electron chi connectivity index (χ2n) is 3.48. The Hall–Kier alpha value is -1.55. The smallest absolute Gasteiger partial charge is 0.225 e. The first-order chi connectivity index (χ1) is 7.71. The molecule has 0 atom stereocenters. The van der Waals surface area contributed by atoms with Gasteiger partial charge in [0.1, 0.15) is 5.75 Å². The Kier molecular flexibility index (Phi) is 4.79. The van der Waals surface area contributed by atoms with Crippen LogP contribution >= 0.6 is 0 Å². The van der Waals surface area contributed by atoms with Gasteiger partial charge in [-0.1, -0.05) is 13.0 Å². The van der Waals surface area contributed by atoms with E-state index in [9.17, 15) is 4.79 Å². The van der Waals surface area contributed by atoms with Gasteiger partial charge in [0.05, 0.1) is 12.8 Å². The predicted molar refractivity (Wildman–Crippen MR) is 64.7 cm³/mol. The number of aryl methyl sites for hydroxylation is 1. The number of hydrogen-bond acceptors (Lipinski definition) is 3. The van der Waals surface area contributed by atoms with Gasteiger partial charge in [0.2, 0.25) is 5.91 Å². The summed E-state index contributed by atoms with van der Waals surface area (Å²) in [6.45, 7) is 2.41. The standard InChI is InChI=1S/C12H18N2O2/c1-3-9-4-5-11(16-2)10(8-9)14-12(15)6-7-13/h4-5,8H,3,6-7,13H2,1-2H3,(H,14,15). The topological polar surface area (TPSA) is 64.3 Å². The van der Waals surface area contributed by atoms with Crippen molar-refractivity contribution in [2.24, 2.45) is 5.73 Å². The zero-order chi connectivity index (χ0) is 12.0. The van der Waals surface area contributed by atoms with Crippen LogP contribution in [0.15, 0.2) is 18.2 Å². The molecule has 16 heavy (non-hydrogen) atoms. The Morgan fingerprint density at radius 3 is 2.81 bits per heavy atom. The molecule has 0 aliphatic carbocycles. The Bertz CT molecular complexity index is 364. The van der Waals surface area contributed by atoms with Gasteiger partial charge >= 0.3 is 0 Å². The highest BCUT2D eigenvalue weighted by molar-refractivity contribution is 5.92. The second-order valence-corrected chi connectivity index (χ2v) is 3.48. The van der Waals surface area contributed by atoms with Crippen LogP contribution < -0.4 is 15.8 Å². The summed E-state index contributed by atoms with van der Waals surface area (Å²) >= 11 is 0. The first-order valence-electron chi connectivity index (χ1n) is 5.38. The molecule has 88 valence electrons. The number of carbonyl (C=O) groups is 1. The summed E-state index contributed by atoms with van der Waals surface area (Å²) in [6.07, 6.45) is 1.24. The van der Waals surface area contributed by atoms with Crippen molar-refractivity contribution >= 4 is 11.6 Å². The van der Waals surface area contributed by atoms with Gasteiger partial charge in [-0.25, -0.2) is 0 Å². The number of ether oxygens (including phenoxy) is 1. The van der Waals surface area contributed by atoms with E-state index in [1.807, 2.05) is 18.2 Å². The van der Waals surface area contributed by atoms with Crippen LogP contribution in [-0.4, -0.2) is 19.6 Å². The Labute approximate surface area is 95.8 Å². The lowest BCUT2D eigenvalue weighted by Crippen LogP contribution is -2.16. The lowest BCUT2D eigenvalue weighted by Gasteiger charge is -2.11. The molecule has 3 N–H and O–H groups in total. The fourth-order valence-electron chi connectivity index (χ4n) is 1.42. The molecule has 0 aromatic heterocycles. The molecule has 0 unspecified atom stereocenters. The molecule has 4 heteroatoms. The summed E-state index contributed by atoms with van der Waals surface area (Å²) in [5.74, 6) is 0.580. The number of methoxy groups -OCH3 is 1. The second kappa shape index (κ2) is 6.12. The van der Waals surface area contributed by atoms with E-state index in [0.717, 1.165) is 12.0 Å². The summed E-state index contributed by atoms with van der Waals surface area (Å²) in [7, 11) is 1.58. The van der Waals surface area contributed by atoms with Crippen LogP contribution in [0.2, 0.25) is 0 Å². The SMILES string of the molecule is CCc1ccc(OC)c(NC(=O)CCN)c1. The highest BCUT2D eigenvalue weighted by Crippen LogP contribution is 2.25. The van der Waals surface area contributed by atoms with Gasteiger partial charge in [0.15, 0.2) is 0 Å².